The fraction of sp³-hybridized carbons (Fsp3) is 0.529. The molecule has 0 saturated carbocycles. The normalized spacial score (nSPS) is 20.3. The molecule has 1 aromatic carbocycles. The second-order valence-corrected chi connectivity index (χ2v) is 6.09. The standard InChI is InChI=1S/C17H24N4O3.ClH/c1-13-17(23)21(14-4-2-3-5-15(14)24-13)12-16(22)19-8-11-20-9-6-18-7-10-20;/h2-5,13,18H,6-12H2,1H3,(H,19,22);1H. The third kappa shape index (κ3) is 4.84. The number of anilines is 1. The van der Waals surface area contributed by atoms with Crippen LogP contribution in [0.5, 0.6) is 5.75 Å². The van der Waals surface area contributed by atoms with E-state index in [1.165, 1.54) is 4.90 Å². The number of hydrogen-bond acceptors (Lipinski definition) is 5. The molecule has 138 valence electrons. The van der Waals surface area contributed by atoms with Crippen LogP contribution in [0.1, 0.15) is 6.92 Å². The van der Waals surface area contributed by atoms with E-state index in [2.05, 4.69) is 15.5 Å². The molecule has 2 amide bonds. The Bertz CT molecular complexity index is 607. The van der Waals surface area contributed by atoms with Gasteiger partial charge in [-0.2, -0.15) is 0 Å². The average Bonchev–Trinajstić information content (AvgIpc) is 2.60. The third-order valence-electron chi connectivity index (χ3n) is 4.34. The maximum atomic E-state index is 12.4. The van der Waals surface area contributed by atoms with E-state index >= 15 is 0 Å². The van der Waals surface area contributed by atoms with Gasteiger partial charge in [0.25, 0.3) is 5.91 Å². The number of hydrogen-bond donors (Lipinski definition) is 2. The lowest BCUT2D eigenvalue weighted by Crippen LogP contribution is -2.50. The second-order valence-electron chi connectivity index (χ2n) is 6.09. The van der Waals surface area contributed by atoms with Gasteiger partial charge in [0.2, 0.25) is 5.91 Å². The van der Waals surface area contributed by atoms with Gasteiger partial charge in [-0.1, -0.05) is 12.1 Å². The number of fused-ring (bicyclic) bond motifs is 1. The number of piperazine rings is 1. The topological polar surface area (TPSA) is 73.9 Å². The maximum absolute atomic E-state index is 12.4. The van der Waals surface area contributed by atoms with Gasteiger partial charge < -0.3 is 15.4 Å². The Morgan fingerprint density at radius 2 is 2.04 bits per heavy atom. The van der Waals surface area contributed by atoms with Crippen LogP contribution in [0.15, 0.2) is 24.3 Å². The van der Waals surface area contributed by atoms with Gasteiger partial charge in [-0.3, -0.25) is 19.4 Å². The Labute approximate surface area is 154 Å². The van der Waals surface area contributed by atoms with Crippen molar-refractivity contribution in [3.8, 4) is 5.75 Å². The van der Waals surface area contributed by atoms with Crippen LogP contribution in [-0.2, 0) is 9.59 Å². The first-order valence-corrected chi connectivity index (χ1v) is 8.42. The largest absolute Gasteiger partial charge is 0.479 e. The Kier molecular flexibility index (Phi) is 7.04. The van der Waals surface area contributed by atoms with Gasteiger partial charge in [0.1, 0.15) is 12.3 Å². The SMILES string of the molecule is CC1Oc2ccccc2N(CC(=O)NCCN2CCNCC2)C1=O.Cl. The van der Waals surface area contributed by atoms with Crippen LogP contribution in [0.2, 0.25) is 0 Å². The van der Waals surface area contributed by atoms with E-state index in [-0.39, 0.29) is 30.8 Å². The number of benzene rings is 1. The van der Waals surface area contributed by atoms with Crippen molar-refractivity contribution >= 4 is 29.9 Å². The van der Waals surface area contributed by atoms with Crippen LogP contribution in [0, 0.1) is 0 Å². The zero-order valence-electron chi connectivity index (χ0n) is 14.4. The average molecular weight is 369 g/mol. The number of para-hydroxylation sites is 2. The lowest BCUT2D eigenvalue weighted by atomic mass is 10.2. The zero-order valence-corrected chi connectivity index (χ0v) is 15.2. The molecule has 2 N–H and O–H groups in total. The van der Waals surface area contributed by atoms with Crippen molar-refractivity contribution in [1.29, 1.82) is 0 Å². The van der Waals surface area contributed by atoms with Gasteiger partial charge in [0, 0.05) is 39.3 Å². The van der Waals surface area contributed by atoms with Gasteiger partial charge in [-0.25, -0.2) is 0 Å². The molecule has 0 radical (unpaired) electrons. The fourth-order valence-electron chi connectivity index (χ4n) is 3.01. The first-order valence-electron chi connectivity index (χ1n) is 8.42. The molecule has 1 saturated heterocycles. The van der Waals surface area contributed by atoms with Gasteiger partial charge in [0.05, 0.1) is 5.69 Å². The molecule has 8 heteroatoms. The van der Waals surface area contributed by atoms with Crippen molar-refractivity contribution in [1.82, 2.24) is 15.5 Å². The van der Waals surface area contributed by atoms with Crippen molar-refractivity contribution in [3.63, 3.8) is 0 Å². The van der Waals surface area contributed by atoms with E-state index in [1.54, 1.807) is 13.0 Å². The molecule has 1 unspecified atom stereocenters. The number of nitrogens with one attached hydrogen (secondary N) is 2. The molecular formula is C17H25ClN4O3. The lowest BCUT2D eigenvalue weighted by molar-refractivity contribution is -0.128. The first-order chi connectivity index (χ1) is 11.6. The molecular weight excluding hydrogens is 344 g/mol. The maximum Gasteiger partial charge on any atom is 0.268 e. The summed E-state index contributed by atoms with van der Waals surface area (Å²) in [6, 6.07) is 7.30. The highest BCUT2D eigenvalue weighted by Gasteiger charge is 2.32. The summed E-state index contributed by atoms with van der Waals surface area (Å²) in [5.41, 5.74) is 0.651. The van der Waals surface area contributed by atoms with E-state index in [0.29, 0.717) is 18.0 Å². The minimum atomic E-state index is -0.575. The van der Waals surface area contributed by atoms with Crippen molar-refractivity contribution < 1.29 is 14.3 Å². The molecule has 3 rings (SSSR count). The fourth-order valence-corrected chi connectivity index (χ4v) is 3.01. The molecule has 0 bridgehead atoms. The number of carbonyl (C=O) groups is 2. The summed E-state index contributed by atoms with van der Waals surface area (Å²) >= 11 is 0. The minimum absolute atomic E-state index is 0. The molecule has 25 heavy (non-hydrogen) atoms. The molecule has 1 fully saturated rings. The highest BCUT2D eigenvalue weighted by atomic mass is 35.5. The van der Waals surface area contributed by atoms with E-state index in [0.717, 1.165) is 32.7 Å². The number of ether oxygens (including phenoxy) is 1. The monoisotopic (exact) mass is 368 g/mol. The molecule has 7 nitrogen and oxygen atoms in total. The molecule has 0 spiro atoms. The van der Waals surface area contributed by atoms with Gasteiger partial charge in [-0.05, 0) is 19.1 Å². The van der Waals surface area contributed by atoms with Crippen LogP contribution in [0.4, 0.5) is 5.69 Å². The predicted molar refractivity (Wildman–Crippen MR) is 98.5 cm³/mol. The van der Waals surface area contributed by atoms with Crippen molar-refractivity contribution in [2.24, 2.45) is 0 Å². The van der Waals surface area contributed by atoms with Crippen molar-refractivity contribution in [2.75, 3.05) is 50.7 Å². The Balaban J connectivity index is 0.00000225. The first kappa shape index (κ1) is 19.5. The summed E-state index contributed by atoms with van der Waals surface area (Å²) in [6.07, 6.45) is -0.575. The van der Waals surface area contributed by atoms with Crippen LogP contribution in [0.25, 0.3) is 0 Å². The predicted octanol–water partition coefficient (Wildman–Crippen LogP) is 0.244. The summed E-state index contributed by atoms with van der Waals surface area (Å²) in [7, 11) is 0. The van der Waals surface area contributed by atoms with Gasteiger partial charge in [-0.15, -0.1) is 12.4 Å². The quantitative estimate of drug-likeness (QED) is 0.779. The van der Waals surface area contributed by atoms with Crippen LogP contribution >= 0.6 is 12.4 Å². The molecule has 0 aromatic heterocycles. The van der Waals surface area contributed by atoms with Crippen LogP contribution < -0.4 is 20.3 Å². The minimum Gasteiger partial charge on any atom is -0.479 e. The Hall–Kier alpha value is -1.83. The van der Waals surface area contributed by atoms with Crippen LogP contribution in [-0.4, -0.2) is 68.6 Å². The molecule has 1 aromatic rings. The van der Waals surface area contributed by atoms with E-state index in [9.17, 15) is 9.59 Å². The Morgan fingerprint density at radius 3 is 2.80 bits per heavy atom. The van der Waals surface area contributed by atoms with Gasteiger partial charge in [0.15, 0.2) is 6.10 Å². The van der Waals surface area contributed by atoms with E-state index in [4.69, 9.17) is 4.74 Å². The summed E-state index contributed by atoms with van der Waals surface area (Å²) < 4.78 is 5.58. The van der Waals surface area contributed by atoms with E-state index < -0.39 is 6.10 Å². The second kappa shape index (κ2) is 9.03. The molecule has 2 aliphatic heterocycles. The van der Waals surface area contributed by atoms with Crippen LogP contribution in [0.3, 0.4) is 0 Å². The smallest absolute Gasteiger partial charge is 0.268 e. The lowest BCUT2D eigenvalue weighted by Gasteiger charge is -2.32. The zero-order chi connectivity index (χ0) is 16.9. The number of amides is 2. The molecule has 1 atom stereocenters. The van der Waals surface area contributed by atoms with Crippen molar-refractivity contribution in [3.05, 3.63) is 24.3 Å². The highest BCUT2D eigenvalue weighted by Crippen LogP contribution is 2.33. The molecule has 0 aliphatic carbocycles. The summed E-state index contributed by atoms with van der Waals surface area (Å²) in [6.45, 7) is 7.13. The number of rotatable bonds is 5. The Morgan fingerprint density at radius 1 is 1.32 bits per heavy atom. The summed E-state index contributed by atoms with van der Waals surface area (Å²) in [5.74, 6) is 0.298. The number of nitrogens with zero attached hydrogens (tertiary/aromatic N) is 2. The molecule has 2 aliphatic rings. The number of carbonyl (C=O) groups excluding carboxylic acids is 2. The third-order valence-corrected chi connectivity index (χ3v) is 4.34. The van der Waals surface area contributed by atoms with Gasteiger partial charge >= 0.3 is 0 Å². The molecule has 2 heterocycles. The summed E-state index contributed by atoms with van der Waals surface area (Å²) in [4.78, 5) is 28.4. The summed E-state index contributed by atoms with van der Waals surface area (Å²) in [5, 5.41) is 6.21. The van der Waals surface area contributed by atoms with E-state index in [1.807, 2.05) is 18.2 Å². The highest BCUT2D eigenvalue weighted by molar-refractivity contribution is 6.03. The van der Waals surface area contributed by atoms with Crippen molar-refractivity contribution in [2.45, 2.75) is 13.0 Å². The number of halogens is 1.